The number of halogens is 1. The number of nitrogens with one attached hydrogen (secondary N) is 1. The van der Waals surface area contributed by atoms with Gasteiger partial charge in [0, 0.05) is 12.0 Å². The Labute approximate surface area is 129 Å². The van der Waals surface area contributed by atoms with Crippen LogP contribution in [0.5, 0.6) is 0 Å². The molecule has 0 unspecified atom stereocenters. The van der Waals surface area contributed by atoms with Gasteiger partial charge >= 0.3 is 0 Å². The Kier molecular flexibility index (Phi) is 4.64. The monoisotopic (exact) mass is 304 g/mol. The Morgan fingerprint density at radius 1 is 1.32 bits per heavy atom. The maximum absolute atomic E-state index is 13.5. The molecule has 0 aliphatic heterocycles. The largest absolute Gasteiger partial charge is 0.361 e. The Bertz CT molecular complexity index is 672. The van der Waals surface area contributed by atoms with Crippen molar-refractivity contribution in [2.45, 2.75) is 39.5 Å². The van der Waals surface area contributed by atoms with Gasteiger partial charge in [-0.15, -0.1) is 0 Å². The summed E-state index contributed by atoms with van der Waals surface area (Å²) in [6.07, 6.45) is 0.438. The minimum absolute atomic E-state index is 0.236. The van der Waals surface area contributed by atoms with E-state index in [4.69, 9.17) is 4.52 Å². The number of aryl methyl sites for hydroxylation is 1. The normalized spacial score (nSPS) is 11.5. The lowest BCUT2D eigenvalue weighted by Gasteiger charge is -2.16. The second-order valence-electron chi connectivity index (χ2n) is 6.31. The number of carbonyl (C=O) groups is 1. The Hall–Kier alpha value is -2.17. The van der Waals surface area contributed by atoms with Crippen molar-refractivity contribution in [1.82, 2.24) is 10.5 Å². The van der Waals surface area contributed by atoms with Gasteiger partial charge in [-0.3, -0.25) is 4.79 Å². The Balaban J connectivity index is 2.05. The van der Waals surface area contributed by atoms with Gasteiger partial charge in [0.25, 0.3) is 5.91 Å². The van der Waals surface area contributed by atoms with E-state index in [0.717, 1.165) is 0 Å². The summed E-state index contributed by atoms with van der Waals surface area (Å²) in [5.41, 5.74) is 1.41. The fourth-order valence-corrected chi connectivity index (χ4v) is 2.25. The molecular weight excluding hydrogens is 283 g/mol. The van der Waals surface area contributed by atoms with Crippen LogP contribution in [0.1, 0.15) is 48.1 Å². The molecule has 118 valence electrons. The average Bonchev–Trinajstić information content (AvgIpc) is 2.83. The number of carbonyl (C=O) groups excluding carboxylic acids is 1. The first-order valence-electron chi connectivity index (χ1n) is 7.29. The molecule has 22 heavy (non-hydrogen) atoms. The van der Waals surface area contributed by atoms with Crippen LogP contribution < -0.4 is 5.32 Å². The van der Waals surface area contributed by atoms with E-state index in [-0.39, 0.29) is 17.1 Å². The van der Waals surface area contributed by atoms with Crippen LogP contribution in [0, 0.1) is 12.7 Å². The van der Waals surface area contributed by atoms with E-state index in [1.165, 1.54) is 6.07 Å². The van der Waals surface area contributed by atoms with Crippen LogP contribution in [0.25, 0.3) is 0 Å². The minimum atomic E-state index is -0.282. The zero-order chi connectivity index (χ0) is 16.3. The maximum atomic E-state index is 13.5. The molecule has 1 N–H and O–H groups in total. The number of rotatable bonds is 4. The SMILES string of the molecule is Cc1onc(C(C)(C)C)c1C(=O)NCCc1ccccc1F. The lowest BCUT2D eigenvalue weighted by Crippen LogP contribution is -2.29. The molecule has 0 saturated heterocycles. The third kappa shape index (κ3) is 3.53. The number of aromatic nitrogens is 1. The molecule has 1 aromatic carbocycles. The lowest BCUT2D eigenvalue weighted by atomic mass is 9.88. The minimum Gasteiger partial charge on any atom is -0.361 e. The van der Waals surface area contributed by atoms with Crippen molar-refractivity contribution in [1.29, 1.82) is 0 Å². The fourth-order valence-electron chi connectivity index (χ4n) is 2.25. The standard InChI is InChI=1S/C17H21FN2O2/c1-11-14(15(20-22-11)17(2,3)4)16(21)19-10-9-12-7-5-6-8-13(12)18/h5-8H,9-10H2,1-4H3,(H,19,21). The highest BCUT2D eigenvalue weighted by Gasteiger charge is 2.28. The molecule has 0 aliphatic carbocycles. The van der Waals surface area contributed by atoms with Crippen molar-refractivity contribution < 1.29 is 13.7 Å². The van der Waals surface area contributed by atoms with Gasteiger partial charge in [-0.2, -0.15) is 0 Å². The summed E-state index contributed by atoms with van der Waals surface area (Å²) in [6.45, 7) is 7.99. The van der Waals surface area contributed by atoms with Gasteiger partial charge in [-0.05, 0) is 25.0 Å². The van der Waals surface area contributed by atoms with Crippen molar-refractivity contribution in [3.8, 4) is 0 Å². The summed E-state index contributed by atoms with van der Waals surface area (Å²) in [6, 6.07) is 6.56. The van der Waals surface area contributed by atoms with Crippen LogP contribution in [0.2, 0.25) is 0 Å². The van der Waals surface area contributed by atoms with E-state index in [1.807, 2.05) is 20.8 Å². The zero-order valence-corrected chi connectivity index (χ0v) is 13.4. The highest BCUT2D eigenvalue weighted by molar-refractivity contribution is 5.96. The summed E-state index contributed by atoms with van der Waals surface area (Å²) in [7, 11) is 0. The van der Waals surface area contributed by atoms with Gasteiger partial charge in [0.2, 0.25) is 0 Å². The van der Waals surface area contributed by atoms with Gasteiger partial charge in [0.05, 0.1) is 0 Å². The Morgan fingerprint density at radius 3 is 2.64 bits per heavy atom. The zero-order valence-electron chi connectivity index (χ0n) is 13.4. The molecule has 1 heterocycles. The van der Waals surface area contributed by atoms with Crippen molar-refractivity contribution >= 4 is 5.91 Å². The molecule has 0 aliphatic rings. The first-order chi connectivity index (χ1) is 10.3. The third-order valence-electron chi connectivity index (χ3n) is 3.44. The van der Waals surface area contributed by atoms with Crippen LogP contribution in [0.15, 0.2) is 28.8 Å². The quantitative estimate of drug-likeness (QED) is 0.942. The molecule has 0 spiro atoms. The molecular formula is C17H21FN2O2. The van der Waals surface area contributed by atoms with E-state index < -0.39 is 0 Å². The topological polar surface area (TPSA) is 55.1 Å². The van der Waals surface area contributed by atoms with E-state index in [0.29, 0.717) is 35.5 Å². The third-order valence-corrected chi connectivity index (χ3v) is 3.44. The summed E-state index contributed by atoms with van der Waals surface area (Å²) in [5, 5.41) is 6.80. The van der Waals surface area contributed by atoms with E-state index in [9.17, 15) is 9.18 Å². The van der Waals surface area contributed by atoms with Crippen molar-refractivity contribution in [3.63, 3.8) is 0 Å². The number of hydrogen-bond donors (Lipinski definition) is 1. The maximum Gasteiger partial charge on any atom is 0.256 e. The highest BCUT2D eigenvalue weighted by atomic mass is 19.1. The summed E-state index contributed by atoms with van der Waals surface area (Å²) >= 11 is 0. The summed E-state index contributed by atoms with van der Waals surface area (Å²) in [4.78, 5) is 12.4. The molecule has 0 fully saturated rings. The first-order valence-corrected chi connectivity index (χ1v) is 7.29. The molecule has 0 bridgehead atoms. The predicted octanol–water partition coefficient (Wildman–Crippen LogP) is 3.39. The highest BCUT2D eigenvalue weighted by Crippen LogP contribution is 2.26. The van der Waals surface area contributed by atoms with Crippen molar-refractivity contribution in [2.24, 2.45) is 0 Å². The van der Waals surface area contributed by atoms with E-state index in [2.05, 4.69) is 10.5 Å². The molecule has 5 heteroatoms. The van der Waals surface area contributed by atoms with Gasteiger partial charge in [-0.25, -0.2) is 4.39 Å². The summed E-state index contributed by atoms with van der Waals surface area (Å²) in [5.74, 6) is 0.00150. The van der Waals surface area contributed by atoms with Crippen LogP contribution >= 0.6 is 0 Å². The van der Waals surface area contributed by atoms with Crippen molar-refractivity contribution in [3.05, 3.63) is 52.7 Å². The molecule has 2 rings (SSSR count). The Morgan fingerprint density at radius 2 is 2.00 bits per heavy atom. The number of benzene rings is 1. The molecule has 2 aromatic rings. The van der Waals surface area contributed by atoms with E-state index >= 15 is 0 Å². The predicted molar refractivity (Wildman–Crippen MR) is 82.4 cm³/mol. The van der Waals surface area contributed by atoms with Crippen molar-refractivity contribution in [2.75, 3.05) is 6.54 Å². The van der Waals surface area contributed by atoms with Crippen LogP contribution in [0.3, 0.4) is 0 Å². The van der Waals surface area contributed by atoms with Gasteiger partial charge < -0.3 is 9.84 Å². The molecule has 0 radical (unpaired) electrons. The van der Waals surface area contributed by atoms with Gasteiger partial charge in [-0.1, -0.05) is 44.1 Å². The smallest absolute Gasteiger partial charge is 0.256 e. The number of nitrogens with zero attached hydrogens (tertiary/aromatic N) is 1. The van der Waals surface area contributed by atoms with Gasteiger partial charge in [0.1, 0.15) is 22.8 Å². The molecule has 0 saturated carbocycles. The van der Waals surface area contributed by atoms with Gasteiger partial charge in [0.15, 0.2) is 0 Å². The molecule has 1 amide bonds. The lowest BCUT2D eigenvalue weighted by molar-refractivity contribution is 0.0950. The number of amides is 1. The van der Waals surface area contributed by atoms with Crippen LogP contribution in [-0.2, 0) is 11.8 Å². The average molecular weight is 304 g/mol. The second kappa shape index (κ2) is 6.30. The van der Waals surface area contributed by atoms with Crippen LogP contribution in [0.4, 0.5) is 4.39 Å². The second-order valence-corrected chi connectivity index (χ2v) is 6.31. The molecule has 0 atom stereocenters. The summed E-state index contributed by atoms with van der Waals surface area (Å²) < 4.78 is 18.7. The van der Waals surface area contributed by atoms with Crippen LogP contribution in [-0.4, -0.2) is 17.6 Å². The molecule has 4 nitrogen and oxygen atoms in total. The molecule has 1 aromatic heterocycles. The first kappa shape index (κ1) is 16.2. The fraction of sp³-hybridized carbons (Fsp3) is 0.412. The van der Waals surface area contributed by atoms with E-state index in [1.54, 1.807) is 25.1 Å². The number of hydrogen-bond acceptors (Lipinski definition) is 3.